The third-order valence-corrected chi connectivity index (χ3v) is 3.17. The van der Waals surface area contributed by atoms with E-state index in [-0.39, 0.29) is 23.3 Å². The van der Waals surface area contributed by atoms with E-state index in [2.05, 4.69) is 10.3 Å². The number of nitrogens with zero attached hydrogens (tertiary/aromatic N) is 1. The molecule has 0 aliphatic rings. The van der Waals surface area contributed by atoms with Crippen LogP contribution in [0.25, 0.3) is 0 Å². The zero-order chi connectivity index (χ0) is 15.2. The van der Waals surface area contributed by atoms with Gasteiger partial charge in [0, 0.05) is 6.20 Å². The number of pyridine rings is 1. The van der Waals surface area contributed by atoms with Crippen molar-refractivity contribution in [2.75, 3.05) is 7.11 Å². The van der Waals surface area contributed by atoms with Crippen LogP contribution in [-0.2, 0) is 0 Å². The van der Waals surface area contributed by atoms with E-state index in [1.54, 1.807) is 6.20 Å². The quantitative estimate of drug-likeness (QED) is 0.919. The van der Waals surface area contributed by atoms with Gasteiger partial charge in [-0.25, -0.2) is 4.39 Å². The molecule has 1 heterocycles. The average molecular weight is 288 g/mol. The number of halogens is 1. The minimum absolute atomic E-state index is 0.0501. The number of rotatable bonds is 5. The average Bonchev–Trinajstić information content (AvgIpc) is 2.53. The summed E-state index contributed by atoms with van der Waals surface area (Å²) in [6.45, 7) is 1.95. The third kappa shape index (κ3) is 3.37. The first-order valence-electron chi connectivity index (χ1n) is 6.71. The Labute approximate surface area is 123 Å². The van der Waals surface area contributed by atoms with Crippen LogP contribution >= 0.6 is 0 Å². The molecule has 110 valence electrons. The van der Waals surface area contributed by atoms with Crippen LogP contribution in [0, 0.1) is 5.82 Å². The highest BCUT2D eigenvalue weighted by Crippen LogP contribution is 2.23. The molecule has 2 rings (SSSR count). The molecular formula is C16H17FN2O2. The number of ether oxygens (including phenoxy) is 1. The molecule has 0 radical (unpaired) electrons. The van der Waals surface area contributed by atoms with Crippen molar-refractivity contribution in [3.8, 4) is 5.75 Å². The predicted molar refractivity (Wildman–Crippen MR) is 77.7 cm³/mol. The molecule has 1 N–H and O–H groups in total. The van der Waals surface area contributed by atoms with Crippen molar-refractivity contribution in [1.82, 2.24) is 10.3 Å². The zero-order valence-corrected chi connectivity index (χ0v) is 12.0. The molecule has 4 nitrogen and oxygen atoms in total. The summed E-state index contributed by atoms with van der Waals surface area (Å²) in [4.78, 5) is 16.6. The molecule has 2 aromatic rings. The fourth-order valence-electron chi connectivity index (χ4n) is 2.10. The van der Waals surface area contributed by atoms with Gasteiger partial charge in [-0.15, -0.1) is 0 Å². The number of nitrogens with one attached hydrogen (secondary N) is 1. The van der Waals surface area contributed by atoms with Gasteiger partial charge < -0.3 is 10.1 Å². The fraction of sp³-hybridized carbons (Fsp3) is 0.250. The number of carbonyl (C=O) groups excluding carboxylic acids is 1. The van der Waals surface area contributed by atoms with Crippen molar-refractivity contribution in [1.29, 1.82) is 0 Å². The number of methoxy groups -OCH3 is 1. The summed E-state index contributed by atoms with van der Waals surface area (Å²) in [5.74, 6) is -0.995. The second kappa shape index (κ2) is 6.83. The smallest absolute Gasteiger partial charge is 0.255 e. The maximum absolute atomic E-state index is 13.6. The van der Waals surface area contributed by atoms with Crippen molar-refractivity contribution in [3.63, 3.8) is 0 Å². The van der Waals surface area contributed by atoms with Gasteiger partial charge in [0.05, 0.1) is 24.4 Å². The van der Waals surface area contributed by atoms with Crippen LogP contribution in [0.5, 0.6) is 5.75 Å². The normalized spacial score (nSPS) is 11.8. The summed E-state index contributed by atoms with van der Waals surface area (Å²) < 4.78 is 18.6. The largest absolute Gasteiger partial charge is 0.493 e. The second-order valence-corrected chi connectivity index (χ2v) is 4.51. The van der Waals surface area contributed by atoms with Gasteiger partial charge in [-0.2, -0.15) is 0 Å². The second-order valence-electron chi connectivity index (χ2n) is 4.51. The fourth-order valence-corrected chi connectivity index (χ4v) is 2.10. The van der Waals surface area contributed by atoms with Crippen LogP contribution in [0.3, 0.4) is 0 Å². The SMILES string of the molecule is CC[C@H](NC(=O)c1cccc(F)c1OC)c1ccccn1. The minimum atomic E-state index is -0.559. The van der Waals surface area contributed by atoms with E-state index < -0.39 is 5.82 Å². The van der Waals surface area contributed by atoms with Crippen LogP contribution in [0.1, 0.15) is 35.4 Å². The Morgan fingerprint density at radius 3 is 2.76 bits per heavy atom. The first-order chi connectivity index (χ1) is 10.2. The van der Waals surface area contributed by atoms with Crippen molar-refractivity contribution in [3.05, 3.63) is 59.7 Å². The molecule has 5 heteroatoms. The lowest BCUT2D eigenvalue weighted by Crippen LogP contribution is -2.29. The molecule has 0 saturated carbocycles. The molecule has 0 fully saturated rings. The van der Waals surface area contributed by atoms with E-state index in [9.17, 15) is 9.18 Å². The first kappa shape index (κ1) is 15.0. The maximum Gasteiger partial charge on any atom is 0.255 e. The Hall–Kier alpha value is -2.43. The zero-order valence-electron chi connectivity index (χ0n) is 12.0. The van der Waals surface area contributed by atoms with Gasteiger partial charge in [-0.3, -0.25) is 9.78 Å². The van der Waals surface area contributed by atoms with Crippen LogP contribution in [-0.4, -0.2) is 18.0 Å². The summed E-state index contributed by atoms with van der Waals surface area (Å²) in [7, 11) is 1.34. The monoisotopic (exact) mass is 288 g/mol. The molecule has 1 amide bonds. The highest BCUT2D eigenvalue weighted by atomic mass is 19.1. The van der Waals surface area contributed by atoms with Gasteiger partial charge in [-0.1, -0.05) is 19.1 Å². The molecule has 21 heavy (non-hydrogen) atoms. The molecular weight excluding hydrogens is 271 g/mol. The summed E-state index contributed by atoms with van der Waals surface area (Å²) in [5.41, 5.74) is 0.940. The number of aromatic nitrogens is 1. The number of hydrogen-bond donors (Lipinski definition) is 1. The van der Waals surface area contributed by atoms with Gasteiger partial charge in [-0.05, 0) is 30.7 Å². The molecule has 0 unspecified atom stereocenters. The van der Waals surface area contributed by atoms with Crippen LogP contribution in [0.2, 0.25) is 0 Å². The summed E-state index contributed by atoms with van der Waals surface area (Å²) in [6.07, 6.45) is 2.35. The van der Waals surface area contributed by atoms with E-state index in [1.165, 1.54) is 25.3 Å². The summed E-state index contributed by atoms with van der Waals surface area (Å²) in [6, 6.07) is 9.56. The lowest BCUT2D eigenvalue weighted by atomic mass is 10.1. The Morgan fingerprint density at radius 2 is 2.14 bits per heavy atom. The topological polar surface area (TPSA) is 51.2 Å². The Kier molecular flexibility index (Phi) is 4.87. The molecule has 0 aliphatic heterocycles. The maximum atomic E-state index is 13.6. The molecule has 1 atom stereocenters. The van der Waals surface area contributed by atoms with E-state index in [0.29, 0.717) is 6.42 Å². The number of amides is 1. The standard InChI is InChI=1S/C16H17FN2O2/c1-3-13(14-9-4-5-10-18-14)19-16(20)11-7-6-8-12(17)15(11)21-2/h4-10,13H,3H2,1-2H3,(H,19,20)/t13-/m0/s1. The van der Waals surface area contributed by atoms with Crippen LogP contribution in [0.4, 0.5) is 4.39 Å². The first-order valence-corrected chi connectivity index (χ1v) is 6.71. The molecule has 0 bridgehead atoms. The van der Waals surface area contributed by atoms with E-state index >= 15 is 0 Å². The molecule has 0 saturated heterocycles. The van der Waals surface area contributed by atoms with E-state index in [4.69, 9.17) is 4.74 Å². The molecule has 1 aromatic heterocycles. The summed E-state index contributed by atoms with van der Waals surface area (Å²) in [5, 5.41) is 2.85. The lowest BCUT2D eigenvalue weighted by molar-refractivity contribution is 0.0930. The van der Waals surface area contributed by atoms with Gasteiger partial charge in [0.1, 0.15) is 0 Å². The lowest BCUT2D eigenvalue weighted by Gasteiger charge is -2.17. The number of benzene rings is 1. The minimum Gasteiger partial charge on any atom is -0.493 e. The number of hydrogen-bond acceptors (Lipinski definition) is 3. The van der Waals surface area contributed by atoms with Crippen molar-refractivity contribution in [2.24, 2.45) is 0 Å². The number of para-hydroxylation sites is 1. The number of carbonyl (C=O) groups is 1. The molecule has 0 spiro atoms. The molecule has 1 aromatic carbocycles. The Bertz CT molecular complexity index is 617. The van der Waals surface area contributed by atoms with Gasteiger partial charge in [0.25, 0.3) is 5.91 Å². The summed E-state index contributed by atoms with van der Waals surface area (Å²) >= 11 is 0. The predicted octanol–water partition coefficient (Wildman–Crippen LogP) is 3.11. The van der Waals surface area contributed by atoms with Crippen molar-refractivity contribution >= 4 is 5.91 Å². The van der Waals surface area contributed by atoms with Crippen LogP contribution < -0.4 is 10.1 Å². The van der Waals surface area contributed by atoms with Gasteiger partial charge in [0.2, 0.25) is 0 Å². The van der Waals surface area contributed by atoms with Crippen LogP contribution in [0.15, 0.2) is 42.6 Å². The highest BCUT2D eigenvalue weighted by molar-refractivity contribution is 5.97. The van der Waals surface area contributed by atoms with E-state index in [1.807, 2.05) is 25.1 Å². The Balaban J connectivity index is 2.23. The van der Waals surface area contributed by atoms with Gasteiger partial charge in [0.15, 0.2) is 11.6 Å². The van der Waals surface area contributed by atoms with Crippen molar-refractivity contribution in [2.45, 2.75) is 19.4 Å². The van der Waals surface area contributed by atoms with E-state index in [0.717, 1.165) is 5.69 Å². The highest BCUT2D eigenvalue weighted by Gasteiger charge is 2.19. The third-order valence-electron chi connectivity index (χ3n) is 3.17. The van der Waals surface area contributed by atoms with Crippen molar-refractivity contribution < 1.29 is 13.9 Å². The van der Waals surface area contributed by atoms with Gasteiger partial charge >= 0.3 is 0 Å². The Morgan fingerprint density at radius 1 is 1.33 bits per heavy atom. The molecule has 0 aliphatic carbocycles.